The molecule has 0 unspecified atom stereocenters. The fourth-order valence-electron chi connectivity index (χ4n) is 2.50. The van der Waals surface area contributed by atoms with E-state index in [0.717, 1.165) is 22.5 Å². The molecule has 0 atom stereocenters. The van der Waals surface area contributed by atoms with Gasteiger partial charge in [0.1, 0.15) is 0 Å². The average Bonchev–Trinajstić information content (AvgIpc) is 2.44. The van der Waals surface area contributed by atoms with E-state index in [4.69, 9.17) is 0 Å². The Kier molecular flexibility index (Phi) is 3.11. The molecule has 4 heteroatoms. The summed E-state index contributed by atoms with van der Waals surface area (Å²) in [7, 11) is 0. The summed E-state index contributed by atoms with van der Waals surface area (Å²) >= 11 is 3.33. The first kappa shape index (κ1) is 12.4. The summed E-state index contributed by atoms with van der Waals surface area (Å²) in [5, 5.41) is 2.50. The number of benzene rings is 2. The van der Waals surface area contributed by atoms with Crippen molar-refractivity contribution in [2.75, 3.05) is 11.9 Å². The van der Waals surface area contributed by atoms with Gasteiger partial charge in [-0.25, -0.2) is 0 Å². The highest BCUT2D eigenvalue weighted by atomic mass is 79.9. The molecule has 3 nitrogen and oxygen atoms in total. The van der Waals surface area contributed by atoms with Crippen LogP contribution in [0.1, 0.15) is 27.1 Å². The van der Waals surface area contributed by atoms with Crippen LogP contribution in [0.4, 0.5) is 0 Å². The molecular formula is C15H12BrNO2. The Balaban J connectivity index is 2.19. The SMILES string of the molecule is O=C1c2cccc3cccc(c23)C(=O)N1CCCBr. The number of hydrogen-bond acceptors (Lipinski definition) is 2. The van der Waals surface area contributed by atoms with Crippen LogP contribution in [0.25, 0.3) is 10.8 Å². The molecule has 1 aliphatic heterocycles. The third-order valence-electron chi connectivity index (χ3n) is 3.37. The highest BCUT2D eigenvalue weighted by Gasteiger charge is 2.31. The molecule has 1 aliphatic rings. The second-order valence-electron chi connectivity index (χ2n) is 4.51. The van der Waals surface area contributed by atoms with Gasteiger partial charge in [-0.3, -0.25) is 14.5 Å². The lowest BCUT2D eigenvalue weighted by molar-refractivity contribution is 0.0611. The van der Waals surface area contributed by atoms with Gasteiger partial charge in [0.25, 0.3) is 11.8 Å². The van der Waals surface area contributed by atoms with Crippen LogP contribution in [0.15, 0.2) is 36.4 Å². The molecule has 3 rings (SSSR count). The molecule has 0 saturated carbocycles. The van der Waals surface area contributed by atoms with E-state index in [9.17, 15) is 9.59 Å². The van der Waals surface area contributed by atoms with E-state index in [0.29, 0.717) is 17.7 Å². The van der Waals surface area contributed by atoms with Crippen molar-refractivity contribution in [1.82, 2.24) is 4.90 Å². The van der Waals surface area contributed by atoms with Gasteiger partial charge in [0.05, 0.1) is 0 Å². The fourth-order valence-corrected chi connectivity index (χ4v) is 2.75. The molecule has 0 aromatic heterocycles. The van der Waals surface area contributed by atoms with Gasteiger partial charge in [-0.05, 0) is 23.9 Å². The minimum Gasteiger partial charge on any atom is -0.274 e. The lowest BCUT2D eigenvalue weighted by Gasteiger charge is -2.26. The number of hydrogen-bond donors (Lipinski definition) is 0. The van der Waals surface area contributed by atoms with Gasteiger partial charge in [0, 0.05) is 28.4 Å². The van der Waals surface area contributed by atoms with Gasteiger partial charge >= 0.3 is 0 Å². The Morgan fingerprint density at radius 3 is 2.05 bits per heavy atom. The summed E-state index contributed by atoms with van der Waals surface area (Å²) in [4.78, 5) is 26.2. The molecule has 0 bridgehead atoms. The summed E-state index contributed by atoms with van der Waals surface area (Å²) in [6, 6.07) is 11.2. The number of halogens is 1. The van der Waals surface area contributed by atoms with Crippen molar-refractivity contribution in [1.29, 1.82) is 0 Å². The molecule has 0 fully saturated rings. The number of imide groups is 1. The van der Waals surface area contributed by atoms with Crippen molar-refractivity contribution in [2.45, 2.75) is 6.42 Å². The Morgan fingerprint density at radius 2 is 1.53 bits per heavy atom. The molecule has 0 spiro atoms. The molecule has 1 heterocycles. The van der Waals surface area contributed by atoms with Crippen LogP contribution >= 0.6 is 15.9 Å². The number of alkyl halides is 1. The minimum atomic E-state index is -0.185. The third-order valence-corrected chi connectivity index (χ3v) is 3.93. The standard InChI is InChI=1S/C15H12BrNO2/c16-8-3-9-17-14(18)11-6-1-4-10-5-2-7-12(13(10)11)15(17)19/h1-2,4-7H,3,8-9H2. The van der Waals surface area contributed by atoms with Crippen molar-refractivity contribution in [3.8, 4) is 0 Å². The fraction of sp³-hybridized carbons (Fsp3) is 0.200. The van der Waals surface area contributed by atoms with Gasteiger partial charge < -0.3 is 0 Å². The molecule has 0 radical (unpaired) electrons. The molecule has 2 aromatic carbocycles. The quantitative estimate of drug-likeness (QED) is 0.644. The highest BCUT2D eigenvalue weighted by molar-refractivity contribution is 9.09. The van der Waals surface area contributed by atoms with Crippen LogP contribution < -0.4 is 0 Å². The first-order valence-electron chi connectivity index (χ1n) is 6.18. The second-order valence-corrected chi connectivity index (χ2v) is 5.31. The number of rotatable bonds is 3. The van der Waals surface area contributed by atoms with E-state index in [2.05, 4.69) is 15.9 Å². The zero-order valence-electron chi connectivity index (χ0n) is 10.2. The number of nitrogens with zero attached hydrogens (tertiary/aromatic N) is 1. The average molecular weight is 318 g/mol. The predicted molar refractivity (Wildman–Crippen MR) is 77.7 cm³/mol. The van der Waals surface area contributed by atoms with Crippen molar-refractivity contribution in [2.24, 2.45) is 0 Å². The number of carbonyl (C=O) groups excluding carboxylic acids is 2. The van der Waals surface area contributed by atoms with Crippen LogP contribution in [0.5, 0.6) is 0 Å². The molecule has 0 saturated heterocycles. The van der Waals surface area contributed by atoms with Gasteiger partial charge in [0.2, 0.25) is 0 Å². The van der Waals surface area contributed by atoms with Crippen LogP contribution in [-0.4, -0.2) is 28.6 Å². The zero-order valence-corrected chi connectivity index (χ0v) is 11.8. The van der Waals surface area contributed by atoms with Crippen LogP contribution in [0, 0.1) is 0 Å². The lowest BCUT2D eigenvalue weighted by atomic mass is 9.94. The van der Waals surface area contributed by atoms with E-state index in [-0.39, 0.29) is 11.8 Å². The van der Waals surface area contributed by atoms with Gasteiger partial charge in [-0.15, -0.1) is 0 Å². The normalized spacial score (nSPS) is 14.3. The van der Waals surface area contributed by atoms with Crippen LogP contribution in [0.2, 0.25) is 0 Å². The monoisotopic (exact) mass is 317 g/mol. The van der Waals surface area contributed by atoms with E-state index in [1.807, 2.05) is 24.3 Å². The molecule has 2 amide bonds. The molecule has 19 heavy (non-hydrogen) atoms. The minimum absolute atomic E-state index is 0.185. The Hall–Kier alpha value is -1.68. The molecule has 0 aliphatic carbocycles. The van der Waals surface area contributed by atoms with Crippen LogP contribution in [0.3, 0.4) is 0 Å². The molecule has 96 valence electrons. The van der Waals surface area contributed by atoms with E-state index in [1.165, 1.54) is 4.90 Å². The van der Waals surface area contributed by atoms with Crippen molar-refractivity contribution in [3.05, 3.63) is 47.5 Å². The Morgan fingerprint density at radius 1 is 0.947 bits per heavy atom. The van der Waals surface area contributed by atoms with Gasteiger partial charge in [-0.1, -0.05) is 40.2 Å². The molecule has 2 aromatic rings. The van der Waals surface area contributed by atoms with Crippen LogP contribution in [-0.2, 0) is 0 Å². The first-order chi connectivity index (χ1) is 9.24. The third kappa shape index (κ3) is 1.87. The van der Waals surface area contributed by atoms with Crippen molar-refractivity contribution >= 4 is 38.5 Å². The predicted octanol–water partition coefficient (Wildman–Crippen LogP) is 3.22. The smallest absolute Gasteiger partial charge is 0.261 e. The van der Waals surface area contributed by atoms with Crippen molar-refractivity contribution in [3.63, 3.8) is 0 Å². The summed E-state index contributed by atoms with van der Waals surface area (Å²) in [5.41, 5.74) is 1.25. The highest BCUT2D eigenvalue weighted by Crippen LogP contribution is 2.29. The zero-order chi connectivity index (χ0) is 13.4. The van der Waals surface area contributed by atoms with E-state index in [1.54, 1.807) is 12.1 Å². The lowest BCUT2D eigenvalue weighted by Crippen LogP contribution is -2.40. The Bertz CT molecular complexity index is 630. The Labute approximate surface area is 119 Å². The first-order valence-corrected chi connectivity index (χ1v) is 7.30. The second kappa shape index (κ2) is 4.78. The van der Waals surface area contributed by atoms with Crippen molar-refractivity contribution < 1.29 is 9.59 Å². The summed E-state index contributed by atoms with van der Waals surface area (Å²) in [6.45, 7) is 0.452. The summed E-state index contributed by atoms with van der Waals surface area (Å²) < 4.78 is 0. The number of carbonyl (C=O) groups is 2. The van der Waals surface area contributed by atoms with E-state index >= 15 is 0 Å². The van der Waals surface area contributed by atoms with E-state index < -0.39 is 0 Å². The van der Waals surface area contributed by atoms with Gasteiger partial charge in [-0.2, -0.15) is 0 Å². The maximum atomic E-state index is 12.4. The number of amides is 2. The summed E-state index contributed by atoms with van der Waals surface area (Å²) in [5.74, 6) is -0.370. The maximum absolute atomic E-state index is 12.4. The largest absolute Gasteiger partial charge is 0.274 e. The summed E-state index contributed by atoms with van der Waals surface area (Å²) in [6.07, 6.45) is 0.760. The molecular weight excluding hydrogens is 306 g/mol. The molecule has 0 N–H and O–H groups in total. The topological polar surface area (TPSA) is 37.4 Å². The maximum Gasteiger partial charge on any atom is 0.261 e. The van der Waals surface area contributed by atoms with Gasteiger partial charge in [0.15, 0.2) is 0 Å².